The molecule has 1 aromatic heterocycles. The van der Waals surface area contributed by atoms with E-state index in [0.717, 1.165) is 28.1 Å². The van der Waals surface area contributed by atoms with Crippen molar-refractivity contribution < 1.29 is 9.53 Å². The number of benzene rings is 3. The smallest absolute Gasteiger partial charge is 0.248 e. The fourth-order valence-electron chi connectivity index (χ4n) is 3.38. The average molecular weight is 458 g/mol. The Morgan fingerprint density at radius 3 is 2.48 bits per heavy atom. The first-order valence-corrected chi connectivity index (χ1v) is 11.0. The zero-order valence-electron chi connectivity index (χ0n) is 18.5. The molecule has 0 aliphatic rings. The van der Waals surface area contributed by atoms with Crippen molar-refractivity contribution in [1.29, 1.82) is 0 Å². The fraction of sp³-hybridized carbons (Fsp3) is 0.111. The summed E-state index contributed by atoms with van der Waals surface area (Å²) < 4.78 is 7.58. The molecule has 4 aromatic rings. The number of rotatable bonds is 7. The van der Waals surface area contributed by atoms with E-state index in [1.165, 1.54) is 6.08 Å². The summed E-state index contributed by atoms with van der Waals surface area (Å²) in [6.45, 7) is 4.46. The third-order valence-corrected chi connectivity index (χ3v) is 5.43. The first-order chi connectivity index (χ1) is 16.0. The first-order valence-electron chi connectivity index (χ1n) is 10.6. The molecule has 0 spiro atoms. The number of aromatic nitrogens is 2. The van der Waals surface area contributed by atoms with Gasteiger partial charge in [-0.05, 0) is 67.4 Å². The Balaban J connectivity index is 1.38. The molecule has 0 aliphatic heterocycles. The summed E-state index contributed by atoms with van der Waals surface area (Å²) in [5.41, 5.74) is 4.39. The van der Waals surface area contributed by atoms with Crippen LogP contribution in [-0.2, 0) is 11.3 Å². The van der Waals surface area contributed by atoms with Crippen LogP contribution >= 0.6 is 11.6 Å². The highest BCUT2D eigenvalue weighted by atomic mass is 35.5. The highest BCUT2D eigenvalue weighted by Crippen LogP contribution is 2.24. The maximum absolute atomic E-state index is 12.4. The third-order valence-electron chi connectivity index (χ3n) is 5.03. The lowest BCUT2D eigenvalue weighted by Gasteiger charge is -2.08. The van der Waals surface area contributed by atoms with Crippen LogP contribution in [0.15, 0.2) is 84.9 Å². The van der Waals surface area contributed by atoms with Gasteiger partial charge < -0.3 is 10.1 Å². The Hall–Kier alpha value is -3.83. The summed E-state index contributed by atoms with van der Waals surface area (Å²) in [6, 6.07) is 25.0. The molecule has 0 unspecified atom stereocenters. The Kier molecular flexibility index (Phi) is 6.91. The quantitative estimate of drug-likeness (QED) is 0.316. The van der Waals surface area contributed by atoms with Gasteiger partial charge in [-0.1, -0.05) is 54.1 Å². The van der Waals surface area contributed by atoms with Crippen LogP contribution in [-0.4, -0.2) is 15.7 Å². The molecule has 0 saturated heterocycles. The molecule has 0 saturated carbocycles. The lowest BCUT2D eigenvalue weighted by atomic mass is 10.2. The van der Waals surface area contributed by atoms with Gasteiger partial charge in [0.25, 0.3) is 0 Å². The summed E-state index contributed by atoms with van der Waals surface area (Å²) in [6.07, 6.45) is 3.15. The highest BCUT2D eigenvalue weighted by molar-refractivity contribution is 6.31. The minimum Gasteiger partial charge on any atom is -0.457 e. The number of hydrogen-bond acceptors (Lipinski definition) is 3. The molecule has 166 valence electrons. The number of aryl methyl sites for hydroxylation is 2. The summed E-state index contributed by atoms with van der Waals surface area (Å²) in [5, 5.41) is 7.85. The van der Waals surface area contributed by atoms with Crippen molar-refractivity contribution in [2.24, 2.45) is 0 Å². The van der Waals surface area contributed by atoms with Crippen molar-refractivity contribution in [2.45, 2.75) is 20.4 Å². The zero-order chi connectivity index (χ0) is 23.2. The van der Waals surface area contributed by atoms with Gasteiger partial charge in [-0.25, -0.2) is 4.68 Å². The van der Waals surface area contributed by atoms with E-state index in [1.807, 2.05) is 80.6 Å². The normalized spacial score (nSPS) is 11.0. The Labute approximate surface area is 198 Å². The van der Waals surface area contributed by atoms with E-state index >= 15 is 0 Å². The van der Waals surface area contributed by atoms with Crippen molar-refractivity contribution in [2.75, 3.05) is 5.32 Å². The fourth-order valence-corrected chi connectivity index (χ4v) is 3.68. The molecular formula is C27H24ClN3O2. The first kappa shape index (κ1) is 22.4. The Morgan fingerprint density at radius 2 is 1.76 bits per heavy atom. The van der Waals surface area contributed by atoms with Crippen molar-refractivity contribution in [1.82, 2.24) is 9.78 Å². The lowest BCUT2D eigenvalue weighted by molar-refractivity contribution is -0.111. The molecule has 0 aliphatic carbocycles. The molecule has 1 N–H and O–H groups in total. The van der Waals surface area contributed by atoms with Crippen molar-refractivity contribution in [3.63, 3.8) is 0 Å². The maximum Gasteiger partial charge on any atom is 0.248 e. The minimum absolute atomic E-state index is 0.256. The Bertz CT molecular complexity index is 1280. The lowest BCUT2D eigenvalue weighted by Crippen LogP contribution is -2.07. The van der Waals surface area contributed by atoms with Gasteiger partial charge >= 0.3 is 0 Å². The molecule has 5 nitrogen and oxygen atoms in total. The van der Waals surface area contributed by atoms with E-state index in [0.29, 0.717) is 23.1 Å². The molecule has 1 heterocycles. The van der Waals surface area contributed by atoms with Crippen molar-refractivity contribution in [3.05, 3.63) is 112 Å². The number of anilines is 1. The predicted octanol–water partition coefficient (Wildman–Crippen LogP) is 6.65. The Morgan fingerprint density at radius 1 is 1.00 bits per heavy atom. The number of amides is 1. The van der Waals surface area contributed by atoms with E-state index in [9.17, 15) is 4.79 Å². The summed E-state index contributed by atoms with van der Waals surface area (Å²) >= 11 is 6.52. The average Bonchev–Trinajstić information content (AvgIpc) is 3.06. The van der Waals surface area contributed by atoms with Gasteiger partial charge in [0.2, 0.25) is 5.91 Å². The maximum atomic E-state index is 12.4. The van der Waals surface area contributed by atoms with E-state index in [1.54, 1.807) is 22.9 Å². The number of hydrogen-bond donors (Lipinski definition) is 1. The molecule has 1 amide bonds. The molecule has 3 aromatic carbocycles. The van der Waals surface area contributed by atoms with Crippen LogP contribution in [0.2, 0.25) is 5.15 Å². The molecule has 0 bridgehead atoms. The van der Waals surface area contributed by atoms with E-state index in [4.69, 9.17) is 16.3 Å². The van der Waals surface area contributed by atoms with E-state index in [-0.39, 0.29) is 5.91 Å². The standard InChI is InChI=1S/C27H24ClN3O2/c1-19-7-6-10-24(17-19)33-23-13-11-22(12-14-23)29-26(32)16-15-25-20(2)30-31(27(25)28)18-21-8-4-3-5-9-21/h3-17H,18H2,1-2H3,(H,29,32). The molecule has 0 atom stereocenters. The number of halogens is 1. The molecule has 33 heavy (non-hydrogen) atoms. The van der Waals surface area contributed by atoms with Crippen LogP contribution in [0.5, 0.6) is 11.5 Å². The van der Waals surface area contributed by atoms with E-state index in [2.05, 4.69) is 10.4 Å². The van der Waals surface area contributed by atoms with Gasteiger partial charge in [0.05, 0.1) is 12.2 Å². The van der Waals surface area contributed by atoms with Gasteiger partial charge in [0, 0.05) is 17.3 Å². The van der Waals surface area contributed by atoms with Crippen LogP contribution in [0.25, 0.3) is 6.08 Å². The van der Waals surface area contributed by atoms with Gasteiger partial charge in [0.15, 0.2) is 0 Å². The largest absolute Gasteiger partial charge is 0.457 e. The van der Waals surface area contributed by atoms with Crippen LogP contribution in [0, 0.1) is 13.8 Å². The van der Waals surface area contributed by atoms with Crippen LogP contribution in [0.1, 0.15) is 22.4 Å². The molecule has 0 fully saturated rings. The van der Waals surface area contributed by atoms with Crippen LogP contribution in [0.4, 0.5) is 5.69 Å². The zero-order valence-corrected chi connectivity index (χ0v) is 19.2. The van der Waals surface area contributed by atoms with Gasteiger partial charge in [-0.3, -0.25) is 4.79 Å². The predicted molar refractivity (Wildman–Crippen MR) is 133 cm³/mol. The SMILES string of the molecule is Cc1cccc(Oc2ccc(NC(=O)C=Cc3c(C)nn(Cc4ccccc4)c3Cl)cc2)c1. The van der Waals surface area contributed by atoms with Gasteiger partial charge in [-0.15, -0.1) is 0 Å². The van der Waals surface area contributed by atoms with Crippen molar-refractivity contribution >= 4 is 29.3 Å². The second-order valence-corrected chi connectivity index (χ2v) is 8.06. The molecule has 4 rings (SSSR count). The van der Waals surface area contributed by atoms with Crippen LogP contribution in [0.3, 0.4) is 0 Å². The monoisotopic (exact) mass is 457 g/mol. The molecular weight excluding hydrogens is 434 g/mol. The number of carbonyl (C=O) groups excluding carboxylic acids is 1. The molecule has 6 heteroatoms. The van der Waals surface area contributed by atoms with Gasteiger partial charge in [0.1, 0.15) is 16.7 Å². The van der Waals surface area contributed by atoms with E-state index < -0.39 is 0 Å². The number of nitrogens with zero attached hydrogens (tertiary/aromatic N) is 2. The van der Waals surface area contributed by atoms with Crippen molar-refractivity contribution in [3.8, 4) is 11.5 Å². The number of carbonyl (C=O) groups is 1. The molecule has 0 radical (unpaired) electrons. The summed E-state index contributed by atoms with van der Waals surface area (Å²) in [7, 11) is 0. The summed E-state index contributed by atoms with van der Waals surface area (Å²) in [4.78, 5) is 12.4. The topological polar surface area (TPSA) is 56.1 Å². The second-order valence-electron chi connectivity index (χ2n) is 7.70. The number of nitrogens with one attached hydrogen (secondary N) is 1. The van der Waals surface area contributed by atoms with Gasteiger partial charge in [-0.2, -0.15) is 5.10 Å². The third kappa shape index (κ3) is 5.90. The number of ether oxygens (including phenoxy) is 1. The summed E-state index contributed by atoms with van der Waals surface area (Å²) in [5.74, 6) is 1.21. The highest BCUT2D eigenvalue weighted by Gasteiger charge is 2.12. The second kappa shape index (κ2) is 10.2. The van der Waals surface area contributed by atoms with Crippen LogP contribution < -0.4 is 10.1 Å². The minimum atomic E-state index is -0.256.